The van der Waals surface area contributed by atoms with Crippen LogP contribution in [0.15, 0.2) is 48.8 Å². The first-order valence-corrected chi connectivity index (χ1v) is 7.37. The molecule has 2 aromatic rings. The topological polar surface area (TPSA) is 25.8 Å². The molecule has 0 fully saturated rings. The molecule has 0 unspecified atom stereocenters. The summed E-state index contributed by atoms with van der Waals surface area (Å²) in [5.41, 5.74) is 2.41. The predicted molar refractivity (Wildman–Crippen MR) is 73.9 cm³/mol. The Bertz CT molecular complexity index is 375. The Morgan fingerprint density at radius 2 is 1.29 bits per heavy atom. The summed E-state index contributed by atoms with van der Waals surface area (Å²) in [4.78, 5) is 8.65. The van der Waals surface area contributed by atoms with Gasteiger partial charge in [-0.2, -0.15) is 0 Å². The van der Waals surface area contributed by atoms with Gasteiger partial charge in [0, 0.05) is 23.8 Å². The highest BCUT2D eigenvalue weighted by Gasteiger charge is 1.95. The fourth-order valence-corrected chi connectivity index (χ4v) is 2.77. The number of hydrogen-bond donors (Lipinski definition) is 0. The van der Waals surface area contributed by atoms with E-state index in [4.69, 9.17) is 0 Å². The van der Waals surface area contributed by atoms with Gasteiger partial charge < -0.3 is 0 Å². The molecule has 0 saturated carbocycles. The molecule has 3 heteroatoms. The summed E-state index contributed by atoms with van der Waals surface area (Å²) in [7, 11) is 1.00. The molecule has 0 bridgehead atoms. The average molecular weight is 244 g/mol. The number of rotatable bonds is 6. The first-order valence-electron chi connectivity index (χ1n) is 5.96. The Morgan fingerprint density at radius 3 is 1.71 bits per heavy atom. The minimum Gasteiger partial charge on any atom is -0.261 e. The third-order valence-electron chi connectivity index (χ3n) is 2.57. The van der Waals surface area contributed by atoms with Gasteiger partial charge in [-0.05, 0) is 49.4 Å². The molecule has 2 aromatic heterocycles. The first kappa shape index (κ1) is 12.2. The van der Waals surface area contributed by atoms with E-state index in [1.807, 2.05) is 24.5 Å². The lowest BCUT2D eigenvalue weighted by atomic mass is 10.3. The van der Waals surface area contributed by atoms with Gasteiger partial charge in [0.25, 0.3) is 0 Å². The van der Waals surface area contributed by atoms with Crippen LogP contribution in [0.3, 0.4) is 0 Å². The van der Waals surface area contributed by atoms with Crippen LogP contribution < -0.4 is 0 Å². The minimum atomic E-state index is 1.00. The van der Waals surface area contributed by atoms with Crippen LogP contribution in [0.5, 0.6) is 0 Å². The Labute approximate surface area is 104 Å². The van der Waals surface area contributed by atoms with Crippen molar-refractivity contribution in [1.82, 2.24) is 9.97 Å². The third kappa shape index (κ3) is 4.62. The molecule has 17 heavy (non-hydrogen) atoms. The lowest BCUT2D eigenvalue weighted by molar-refractivity contribution is 1.02. The zero-order chi connectivity index (χ0) is 11.8. The number of aromatic nitrogens is 2. The van der Waals surface area contributed by atoms with Gasteiger partial charge >= 0.3 is 0 Å². The summed E-state index contributed by atoms with van der Waals surface area (Å²) < 4.78 is 0. The Kier molecular flexibility index (Phi) is 5.12. The van der Waals surface area contributed by atoms with Crippen LogP contribution in [0.4, 0.5) is 0 Å². The number of pyridine rings is 2. The van der Waals surface area contributed by atoms with Gasteiger partial charge in [0.1, 0.15) is 0 Å². The lowest BCUT2D eigenvalue weighted by Crippen LogP contribution is -1.94. The standard InChI is InChI=1S/C14H17N2P/c1-3-9-15-13(5-1)7-11-17-12-8-14-6-2-4-10-16-14/h1-6,9-10,17H,7-8,11-12H2. The smallest absolute Gasteiger partial charge is 0.0407 e. The van der Waals surface area contributed by atoms with E-state index in [0.29, 0.717) is 0 Å². The van der Waals surface area contributed by atoms with Crippen LogP contribution in [0.2, 0.25) is 0 Å². The summed E-state index contributed by atoms with van der Waals surface area (Å²) in [6.07, 6.45) is 8.41. The van der Waals surface area contributed by atoms with Crippen molar-refractivity contribution in [2.24, 2.45) is 0 Å². The first-order chi connectivity index (χ1) is 8.45. The zero-order valence-electron chi connectivity index (χ0n) is 9.84. The van der Waals surface area contributed by atoms with E-state index in [1.54, 1.807) is 0 Å². The van der Waals surface area contributed by atoms with Crippen LogP contribution in [0.25, 0.3) is 0 Å². The van der Waals surface area contributed by atoms with Crippen molar-refractivity contribution in [2.75, 3.05) is 12.3 Å². The lowest BCUT2D eigenvalue weighted by Gasteiger charge is -2.01. The van der Waals surface area contributed by atoms with Crippen molar-refractivity contribution in [3.63, 3.8) is 0 Å². The van der Waals surface area contributed by atoms with Gasteiger partial charge in [0.05, 0.1) is 0 Å². The quantitative estimate of drug-likeness (QED) is 0.576. The second-order valence-corrected chi connectivity index (χ2v) is 5.39. The van der Waals surface area contributed by atoms with Crippen molar-refractivity contribution in [3.8, 4) is 0 Å². The Hall–Kier alpha value is -1.27. The molecular formula is C14H17N2P. The van der Waals surface area contributed by atoms with E-state index >= 15 is 0 Å². The normalized spacial score (nSPS) is 10.4. The molecule has 0 radical (unpaired) electrons. The molecule has 0 aliphatic carbocycles. The maximum atomic E-state index is 4.33. The minimum absolute atomic E-state index is 1.00. The highest BCUT2D eigenvalue weighted by atomic mass is 31.1. The maximum absolute atomic E-state index is 4.33. The van der Waals surface area contributed by atoms with E-state index < -0.39 is 0 Å². The molecular weight excluding hydrogens is 227 g/mol. The second kappa shape index (κ2) is 7.13. The molecule has 0 N–H and O–H groups in total. The largest absolute Gasteiger partial charge is 0.261 e. The van der Waals surface area contributed by atoms with Gasteiger partial charge in [-0.15, -0.1) is 8.58 Å². The van der Waals surface area contributed by atoms with E-state index in [0.717, 1.165) is 21.4 Å². The monoisotopic (exact) mass is 244 g/mol. The zero-order valence-corrected chi connectivity index (χ0v) is 10.8. The molecule has 0 atom stereocenters. The van der Waals surface area contributed by atoms with Crippen molar-refractivity contribution < 1.29 is 0 Å². The molecule has 0 spiro atoms. The van der Waals surface area contributed by atoms with Gasteiger partial charge in [-0.3, -0.25) is 9.97 Å². The molecule has 2 heterocycles. The fraction of sp³-hybridized carbons (Fsp3) is 0.286. The predicted octanol–water partition coefficient (Wildman–Crippen LogP) is 2.94. The van der Waals surface area contributed by atoms with E-state index in [-0.39, 0.29) is 0 Å². The SMILES string of the molecule is c1ccc(CCPCCc2ccccn2)nc1. The van der Waals surface area contributed by atoms with Gasteiger partial charge in [0.2, 0.25) is 0 Å². The van der Waals surface area contributed by atoms with Crippen LogP contribution in [0, 0.1) is 0 Å². The van der Waals surface area contributed by atoms with Crippen LogP contribution in [0.1, 0.15) is 11.4 Å². The van der Waals surface area contributed by atoms with Gasteiger partial charge in [-0.25, -0.2) is 0 Å². The Balaban J connectivity index is 1.61. The average Bonchev–Trinajstić information content (AvgIpc) is 2.41. The molecule has 0 aliphatic heterocycles. The number of nitrogens with zero attached hydrogens (tertiary/aromatic N) is 2. The fourth-order valence-electron chi connectivity index (χ4n) is 1.65. The summed E-state index contributed by atoms with van der Waals surface area (Å²) in [6.45, 7) is 0. The molecule has 0 aliphatic rings. The molecule has 88 valence electrons. The number of aryl methyl sites for hydroxylation is 2. The van der Waals surface area contributed by atoms with Crippen molar-refractivity contribution in [2.45, 2.75) is 12.8 Å². The molecule has 2 nitrogen and oxygen atoms in total. The van der Waals surface area contributed by atoms with E-state index in [1.165, 1.54) is 23.7 Å². The molecule has 0 saturated heterocycles. The second-order valence-electron chi connectivity index (χ2n) is 3.89. The third-order valence-corrected chi connectivity index (χ3v) is 3.78. The molecule has 0 aromatic carbocycles. The number of hydrogen-bond acceptors (Lipinski definition) is 2. The van der Waals surface area contributed by atoms with Crippen molar-refractivity contribution in [3.05, 3.63) is 60.2 Å². The van der Waals surface area contributed by atoms with E-state index in [2.05, 4.69) is 34.2 Å². The summed E-state index contributed by atoms with van der Waals surface area (Å²) in [5, 5.41) is 0. The van der Waals surface area contributed by atoms with Crippen molar-refractivity contribution in [1.29, 1.82) is 0 Å². The van der Waals surface area contributed by atoms with Crippen molar-refractivity contribution >= 4 is 8.58 Å². The summed E-state index contributed by atoms with van der Waals surface area (Å²) in [5.74, 6) is 0. The molecule has 0 amide bonds. The Morgan fingerprint density at radius 1 is 0.765 bits per heavy atom. The van der Waals surface area contributed by atoms with Gasteiger partial charge in [-0.1, -0.05) is 12.1 Å². The highest BCUT2D eigenvalue weighted by Crippen LogP contribution is 2.13. The van der Waals surface area contributed by atoms with Gasteiger partial charge in [0.15, 0.2) is 0 Å². The van der Waals surface area contributed by atoms with E-state index in [9.17, 15) is 0 Å². The van der Waals surface area contributed by atoms with Crippen LogP contribution in [-0.4, -0.2) is 22.3 Å². The van der Waals surface area contributed by atoms with Crippen LogP contribution >= 0.6 is 8.58 Å². The summed E-state index contributed by atoms with van der Waals surface area (Å²) in [6, 6.07) is 12.2. The molecule has 2 rings (SSSR count). The van der Waals surface area contributed by atoms with Crippen LogP contribution in [-0.2, 0) is 12.8 Å². The highest BCUT2D eigenvalue weighted by molar-refractivity contribution is 7.37. The summed E-state index contributed by atoms with van der Waals surface area (Å²) >= 11 is 0. The maximum Gasteiger partial charge on any atom is 0.0407 e.